The Bertz CT molecular complexity index is 1030. The van der Waals surface area contributed by atoms with Crippen LogP contribution in [-0.2, 0) is 0 Å². The van der Waals surface area contributed by atoms with E-state index >= 15 is 0 Å². The number of anilines is 2. The molecule has 0 bridgehead atoms. The average Bonchev–Trinajstić information content (AvgIpc) is 3.13. The number of nitrogens with one attached hydrogen (secondary N) is 2. The van der Waals surface area contributed by atoms with E-state index in [1.807, 2.05) is 36.9 Å². The zero-order chi connectivity index (χ0) is 20.4. The highest BCUT2D eigenvalue weighted by Crippen LogP contribution is 2.29. The molecule has 1 saturated heterocycles. The van der Waals surface area contributed by atoms with Gasteiger partial charge in [-0.05, 0) is 57.0 Å². The third kappa shape index (κ3) is 4.29. The van der Waals surface area contributed by atoms with Crippen LogP contribution in [0.3, 0.4) is 0 Å². The molecule has 1 fully saturated rings. The maximum atomic E-state index is 13.5. The molecule has 3 aromatic rings. The molecule has 0 saturated carbocycles. The van der Waals surface area contributed by atoms with Gasteiger partial charge in [-0.1, -0.05) is 6.07 Å². The highest BCUT2D eigenvalue weighted by atomic mass is 19.1. The Kier molecular flexibility index (Phi) is 5.29. The predicted octanol–water partition coefficient (Wildman–Crippen LogP) is 4.32. The number of aryl methyl sites for hydroxylation is 2. The summed E-state index contributed by atoms with van der Waals surface area (Å²) in [6.45, 7) is 5.16. The summed E-state index contributed by atoms with van der Waals surface area (Å²) in [4.78, 5) is 19.5. The van der Waals surface area contributed by atoms with Crippen molar-refractivity contribution < 1.29 is 9.18 Å². The number of nitrogens with zero attached hydrogens (tertiary/aromatic N) is 3. The van der Waals surface area contributed by atoms with Crippen LogP contribution in [0, 0.1) is 19.7 Å². The van der Waals surface area contributed by atoms with Crippen LogP contribution in [-0.4, -0.2) is 39.1 Å². The first kappa shape index (κ1) is 19.1. The van der Waals surface area contributed by atoms with Crippen LogP contribution in [0.5, 0.6) is 0 Å². The number of carbonyl (C=O) groups excluding carboxylic acids is 1. The summed E-state index contributed by atoms with van der Waals surface area (Å²) < 4.78 is 13.5. The van der Waals surface area contributed by atoms with Gasteiger partial charge in [-0.3, -0.25) is 14.9 Å². The SMILES string of the molecule is Cc1cc(Nc2cccc(F)c2)cc([C@@H]2CCCN(C(=O)c3cn[nH]c3C)C2)n1. The molecular weight excluding hydrogens is 369 g/mol. The molecule has 1 atom stereocenters. The number of carbonyl (C=O) groups is 1. The van der Waals surface area contributed by atoms with Crippen LogP contribution < -0.4 is 5.32 Å². The van der Waals surface area contributed by atoms with Gasteiger partial charge in [0.15, 0.2) is 0 Å². The molecular formula is C22H24FN5O. The third-order valence-electron chi connectivity index (χ3n) is 5.27. The summed E-state index contributed by atoms with van der Waals surface area (Å²) in [5.74, 6) is -0.114. The number of hydrogen-bond donors (Lipinski definition) is 2. The van der Waals surface area contributed by atoms with Crippen molar-refractivity contribution in [2.75, 3.05) is 18.4 Å². The summed E-state index contributed by atoms with van der Waals surface area (Å²) >= 11 is 0. The fourth-order valence-corrected chi connectivity index (χ4v) is 3.85. The number of benzene rings is 1. The quantitative estimate of drug-likeness (QED) is 0.692. The van der Waals surface area contributed by atoms with E-state index < -0.39 is 0 Å². The third-order valence-corrected chi connectivity index (χ3v) is 5.27. The number of aromatic amines is 1. The highest BCUT2D eigenvalue weighted by molar-refractivity contribution is 5.95. The minimum absolute atomic E-state index is 0.00622. The molecule has 2 N–H and O–H groups in total. The second-order valence-corrected chi connectivity index (χ2v) is 7.56. The smallest absolute Gasteiger partial charge is 0.257 e. The molecule has 7 heteroatoms. The van der Waals surface area contributed by atoms with Gasteiger partial charge < -0.3 is 10.2 Å². The van der Waals surface area contributed by atoms with Crippen molar-refractivity contribution in [2.45, 2.75) is 32.6 Å². The van der Waals surface area contributed by atoms with Crippen LogP contribution in [0.2, 0.25) is 0 Å². The van der Waals surface area contributed by atoms with Crippen molar-refractivity contribution in [2.24, 2.45) is 0 Å². The van der Waals surface area contributed by atoms with E-state index in [0.29, 0.717) is 17.8 Å². The van der Waals surface area contributed by atoms with Gasteiger partial charge in [0, 0.05) is 47.5 Å². The summed E-state index contributed by atoms with van der Waals surface area (Å²) in [5.41, 5.74) is 4.80. The minimum Gasteiger partial charge on any atom is -0.355 e. The fourth-order valence-electron chi connectivity index (χ4n) is 3.85. The van der Waals surface area contributed by atoms with Gasteiger partial charge in [-0.25, -0.2) is 4.39 Å². The van der Waals surface area contributed by atoms with Gasteiger partial charge in [-0.2, -0.15) is 5.10 Å². The van der Waals surface area contributed by atoms with Crippen molar-refractivity contribution >= 4 is 17.3 Å². The topological polar surface area (TPSA) is 73.9 Å². The Morgan fingerprint density at radius 1 is 1.24 bits per heavy atom. The fraction of sp³-hybridized carbons (Fsp3) is 0.318. The molecule has 3 heterocycles. The van der Waals surface area contributed by atoms with Gasteiger partial charge in [0.1, 0.15) is 5.82 Å². The largest absolute Gasteiger partial charge is 0.355 e. The molecule has 29 heavy (non-hydrogen) atoms. The lowest BCUT2D eigenvalue weighted by Crippen LogP contribution is -2.39. The van der Waals surface area contributed by atoms with Crippen LogP contribution in [0.1, 0.15) is 46.2 Å². The van der Waals surface area contributed by atoms with E-state index in [0.717, 1.165) is 42.2 Å². The number of likely N-dealkylation sites (tertiary alicyclic amines) is 1. The molecule has 1 aliphatic heterocycles. The Morgan fingerprint density at radius 2 is 2.10 bits per heavy atom. The molecule has 0 unspecified atom stereocenters. The van der Waals surface area contributed by atoms with E-state index in [9.17, 15) is 9.18 Å². The van der Waals surface area contributed by atoms with Crippen molar-refractivity contribution in [1.29, 1.82) is 0 Å². The van der Waals surface area contributed by atoms with Crippen molar-refractivity contribution in [1.82, 2.24) is 20.1 Å². The maximum Gasteiger partial charge on any atom is 0.257 e. The first-order valence-corrected chi connectivity index (χ1v) is 9.80. The summed E-state index contributed by atoms with van der Waals surface area (Å²) in [6.07, 6.45) is 3.49. The highest BCUT2D eigenvalue weighted by Gasteiger charge is 2.28. The number of aromatic nitrogens is 3. The van der Waals surface area contributed by atoms with Crippen LogP contribution in [0.4, 0.5) is 15.8 Å². The number of piperidine rings is 1. The monoisotopic (exact) mass is 393 g/mol. The average molecular weight is 393 g/mol. The first-order valence-electron chi connectivity index (χ1n) is 9.80. The Morgan fingerprint density at radius 3 is 2.86 bits per heavy atom. The molecule has 1 aliphatic rings. The second-order valence-electron chi connectivity index (χ2n) is 7.56. The maximum absolute atomic E-state index is 13.5. The van der Waals surface area contributed by atoms with Gasteiger partial charge in [-0.15, -0.1) is 0 Å². The van der Waals surface area contributed by atoms with Gasteiger partial charge in [0.25, 0.3) is 5.91 Å². The van der Waals surface area contributed by atoms with Crippen LogP contribution in [0.15, 0.2) is 42.6 Å². The van der Waals surface area contributed by atoms with Crippen molar-refractivity contribution in [3.63, 3.8) is 0 Å². The van der Waals surface area contributed by atoms with Gasteiger partial charge >= 0.3 is 0 Å². The van der Waals surface area contributed by atoms with E-state index in [1.165, 1.54) is 12.1 Å². The molecule has 1 amide bonds. The number of hydrogen-bond acceptors (Lipinski definition) is 4. The zero-order valence-electron chi connectivity index (χ0n) is 16.6. The van der Waals surface area contributed by atoms with Crippen LogP contribution in [0.25, 0.3) is 0 Å². The van der Waals surface area contributed by atoms with Gasteiger partial charge in [0.2, 0.25) is 0 Å². The molecule has 1 aromatic carbocycles. The predicted molar refractivity (Wildman–Crippen MR) is 110 cm³/mol. The molecule has 6 nitrogen and oxygen atoms in total. The number of rotatable bonds is 4. The van der Waals surface area contributed by atoms with Crippen molar-refractivity contribution in [3.05, 3.63) is 71.1 Å². The van der Waals surface area contributed by atoms with Gasteiger partial charge in [0.05, 0.1) is 11.8 Å². The Labute approximate surface area is 169 Å². The second kappa shape index (κ2) is 8.03. The van der Waals surface area contributed by atoms with E-state index in [1.54, 1.807) is 12.3 Å². The van der Waals surface area contributed by atoms with Crippen LogP contribution >= 0.6 is 0 Å². The molecule has 0 aliphatic carbocycles. The summed E-state index contributed by atoms with van der Waals surface area (Å²) in [6, 6.07) is 10.3. The van der Waals surface area contributed by atoms with Crippen molar-refractivity contribution in [3.8, 4) is 0 Å². The summed E-state index contributed by atoms with van der Waals surface area (Å²) in [7, 11) is 0. The normalized spacial score (nSPS) is 16.7. The lowest BCUT2D eigenvalue weighted by atomic mass is 9.93. The van der Waals surface area contributed by atoms with E-state index in [2.05, 4.69) is 15.5 Å². The molecule has 0 spiro atoms. The molecule has 150 valence electrons. The minimum atomic E-state index is -0.281. The molecule has 0 radical (unpaired) electrons. The lowest BCUT2D eigenvalue weighted by Gasteiger charge is -2.32. The number of H-pyrrole nitrogens is 1. The first-order chi connectivity index (χ1) is 14.0. The standard InChI is InChI=1S/C22H24FN5O/c1-14-9-19(26-18-7-3-6-17(23)10-18)11-21(25-14)16-5-4-8-28(13-16)22(29)20-12-24-27-15(20)2/h3,6-7,9-12,16H,4-5,8,13H2,1-2H3,(H,24,27)(H,25,26)/t16-/m1/s1. The zero-order valence-corrected chi connectivity index (χ0v) is 16.6. The van der Waals surface area contributed by atoms with E-state index in [-0.39, 0.29) is 17.6 Å². The molecule has 2 aromatic heterocycles. The Hall–Kier alpha value is -3.22. The molecule has 4 rings (SSSR count). The van der Waals surface area contributed by atoms with E-state index in [4.69, 9.17) is 4.98 Å². The number of halogens is 1. The Balaban J connectivity index is 1.53. The summed E-state index contributed by atoms with van der Waals surface area (Å²) in [5, 5.41) is 10.0. The number of pyridine rings is 1. The lowest BCUT2D eigenvalue weighted by molar-refractivity contribution is 0.0705. The number of amides is 1.